The zero-order valence-electron chi connectivity index (χ0n) is 13.3. The van der Waals surface area contributed by atoms with Crippen molar-refractivity contribution in [3.05, 3.63) is 42.5 Å². The number of aliphatic hydroxyl groups is 1. The summed E-state index contributed by atoms with van der Waals surface area (Å²) >= 11 is 0. The van der Waals surface area contributed by atoms with Gasteiger partial charge >= 0.3 is 5.97 Å². The number of rotatable bonds is 9. The number of carboxylic acids is 1. The van der Waals surface area contributed by atoms with E-state index in [2.05, 4.69) is 13.4 Å². The summed E-state index contributed by atoms with van der Waals surface area (Å²) in [6.07, 6.45) is 7.03. The molecule has 123 valence electrons. The lowest BCUT2D eigenvalue weighted by molar-refractivity contribution is -0.137. The first kappa shape index (κ1) is 17.6. The molecule has 1 heterocycles. The van der Waals surface area contributed by atoms with Gasteiger partial charge in [0.15, 0.2) is 0 Å². The number of carboxylic acid groups (broad SMARTS) is 1. The minimum Gasteiger partial charge on any atom is -0.493 e. The van der Waals surface area contributed by atoms with Gasteiger partial charge in [-0.1, -0.05) is 42.5 Å². The van der Waals surface area contributed by atoms with E-state index in [0.717, 1.165) is 18.6 Å². The fraction of sp³-hybridized carbons (Fsp3) is 0.500. The van der Waals surface area contributed by atoms with E-state index in [1.165, 1.54) is 0 Å². The number of para-hydroxylation sites is 1. The molecule has 0 amide bonds. The number of carbonyl (C=O) groups is 1. The van der Waals surface area contributed by atoms with Gasteiger partial charge in [0.25, 0.3) is 0 Å². The second kappa shape index (κ2) is 9.41. The van der Waals surface area contributed by atoms with Crippen molar-refractivity contribution in [1.82, 2.24) is 0 Å². The first-order valence-corrected chi connectivity index (χ1v) is 8.23. The zero-order chi connectivity index (χ0) is 16.5. The van der Waals surface area contributed by atoms with E-state index in [1.54, 1.807) is 0 Å². The number of allylic oxidation sites excluding steroid dienone is 2. The third-order valence-corrected chi connectivity index (χ3v) is 4.25. The van der Waals surface area contributed by atoms with Crippen LogP contribution in [0.15, 0.2) is 42.5 Å². The quantitative estimate of drug-likeness (QED) is 0.417. The molecule has 1 aliphatic heterocycles. The van der Waals surface area contributed by atoms with E-state index in [-0.39, 0.29) is 18.4 Å². The van der Waals surface area contributed by atoms with Crippen LogP contribution in [0.2, 0.25) is 12.1 Å². The third kappa shape index (κ3) is 6.10. The van der Waals surface area contributed by atoms with Crippen LogP contribution in [0.1, 0.15) is 25.7 Å². The lowest BCUT2D eigenvalue weighted by atomic mass is 9.64. The summed E-state index contributed by atoms with van der Waals surface area (Å²) in [7, 11) is 2.17. The Morgan fingerprint density at radius 1 is 1.30 bits per heavy atom. The summed E-state index contributed by atoms with van der Waals surface area (Å²) in [4.78, 5) is 10.4. The predicted molar refractivity (Wildman–Crippen MR) is 91.0 cm³/mol. The van der Waals surface area contributed by atoms with Crippen LogP contribution >= 0.6 is 0 Å². The molecular formula is C18H24BO4. The van der Waals surface area contributed by atoms with Gasteiger partial charge in [-0.25, -0.2) is 0 Å². The average Bonchev–Trinajstić information content (AvgIpc) is 2.89. The molecule has 0 spiro atoms. The Labute approximate surface area is 138 Å². The minimum atomic E-state index is -0.747. The third-order valence-electron chi connectivity index (χ3n) is 4.25. The van der Waals surface area contributed by atoms with Crippen molar-refractivity contribution >= 4 is 13.2 Å². The van der Waals surface area contributed by atoms with Gasteiger partial charge in [0, 0.05) is 12.3 Å². The van der Waals surface area contributed by atoms with Gasteiger partial charge in [-0.15, -0.1) is 0 Å². The second-order valence-corrected chi connectivity index (χ2v) is 5.98. The molecule has 2 rings (SSSR count). The predicted octanol–water partition coefficient (Wildman–Crippen LogP) is 3.17. The van der Waals surface area contributed by atoms with Crippen molar-refractivity contribution in [3.63, 3.8) is 0 Å². The van der Waals surface area contributed by atoms with Crippen molar-refractivity contribution in [3.8, 4) is 5.75 Å². The highest BCUT2D eigenvalue weighted by Gasteiger charge is 2.35. The van der Waals surface area contributed by atoms with Gasteiger partial charge in [-0.2, -0.15) is 0 Å². The normalized spacial score (nSPS) is 23.8. The highest BCUT2D eigenvalue weighted by molar-refractivity contribution is 6.39. The van der Waals surface area contributed by atoms with Crippen molar-refractivity contribution < 1.29 is 19.7 Å². The fourth-order valence-corrected chi connectivity index (χ4v) is 2.91. The van der Waals surface area contributed by atoms with Gasteiger partial charge < -0.3 is 14.9 Å². The summed E-state index contributed by atoms with van der Waals surface area (Å²) in [6, 6.07) is 9.65. The molecule has 0 saturated carbocycles. The van der Waals surface area contributed by atoms with Crippen LogP contribution in [0.25, 0.3) is 0 Å². The summed E-state index contributed by atoms with van der Waals surface area (Å²) in [6.45, 7) is 0.513. The number of hydrogen-bond donors (Lipinski definition) is 2. The molecule has 2 N–H and O–H groups in total. The smallest absolute Gasteiger partial charge is 0.303 e. The molecular weight excluding hydrogens is 291 g/mol. The van der Waals surface area contributed by atoms with Gasteiger partial charge in [0.05, 0.1) is 12.7 Å². The molecule has 0 aliphatic carbocycles. The lowest BCUT2D eigenvalue weighted by Crippen LogP contribution is -2.23. The van der Waals surface area contributed by atoms with E-state index < -0.39 is 5.97 Å². The summed E-state index contributed by atoms with van der Waals surface area (Å²) in [5.41, 5.74) is 0. The highest BCUT2D eigenvalue weighted by atomic mass is 16.5. The maximum absolute atomic E-state index is 10.4. The monoisotopic (exact) mass is 315 g/mol. The van der Waals surface area contributed by atoms with Gasteiger partial charge in [0.2, 0.25) is 0 Å². The molecule has 23 heavy (non-hydrogen) atoms. The Morgan fingerprint density at radius 3 is 2.83 bits per heavy atom. The molecule has 4 nitrogen and oxygen atoms in total. The zero-order valence-corrected chi connectivity index (χ0v) is 13.3. The molecule has 1 fully saturated rings. The van der Waals surface area contributed by atoms with Crippen LogP contribution in [0.3, 0.4) is 0 Å². The van der Waals surface area contributed by atoms with E-state index in [9.17, 15) is 9.90 Å². The van der Waals surface area contributed by atoms with E-state index in [1.807, 2.05) is 36.4 Å². The number of ether oxygens (including phenoxy) is 1. The molecule has 1 saturated heterocycles. The summed E-state index contributed by atoms with van der Waals surface area (Å²) in [5, 5.41) is 18.7. The first-order chi connectivity index (χ1) is 11.2. The van der Waals surface area contributed by atoms with E-state index in [0.29, 0.717) is 25.2 Å². The minimum absolute atomic E-state index is 0.110. The topological polar surface area (TPSA) is 66.8 Å². The van der Waals surface area contributed by atoms with Crippen LogP contribution in [0.5, 0.6) is 5.75 Å². The van der Waals surface area contributed by atoms with Crippen LogP contribution in [0.4, 0.5) is 0 Å². The fourth-order valence-electron chi connectivity index (χ4n) is 2.91. The summed E-state index contributed by atoms with van der Waals surface area (Å²) in [5.74, 6) is 0.502. The standard InChI is InChI=1S/C18H24BO4/c20-17-12-19-16(10-6-1-2-7-11-18(21)22)15(17)13-23-14-8-4-3-5-9-14/h1,3-6,8-9,15-17,20H,2,7,10-13H2,(H,21,22)/t15-,16-,17-/m1/s1. The van der Waals surface area contributed by atoms with Gasteiger partial charge in [-0.3, -0.25) is 4.79 Å². The highest BCUT2D eigenvalue weighted by Crippen LogP contribution is 2.35. The molecule has 1 aromatic carbocycles. The number of unbranched alkanes of at least 4 members (excludes halogenated alkanes) is 1. The van der Waals surface area contributed by atoms with E-state index >= 15 is 0 Å². The lowest BCUT2D eigenvalue weighted by Gasteiger charge is -2.22. The van der Waals surface area contributed by atoms with Gasteiger partial charge in [0.1, 0.15) is 13.0 Å². The molecule has 1 radical (unpaired) electrons. The average molecular weight is 315 g/mol. The van der Waals surface area contributed by atoms with Crippen LogP contribution in [-0.4, -0.2) is 36.2 Å². The van der Waals surface area contributed by atoms with Crippen molar-refractivity contribution in [2.24, 2.45) is 5.92 Å². The van der Waals surface area contributed by atoms with Crippen molar-refractivity contribution in [2.75, 3.05) is 6.61 Å². The Hall–Kier alpha value is -1.75. The number of aliphatic carboxylic acids is 1. The molecule has 0 bridgehead atoms. The van der Waals surface area contributed by atoms with Crippen LogP contribution < -0.4 is 4.74 Å². The molecule has 0 unspecified atom stereocenters. The SMILES string of the molecule is O=C(O)CCCC=CC[C@H]1[B]C[C@@H](O)[C@@H]1COc1ccccc1. The van der Waals surface area contributed by atoms with Crippen LogP contribution in [0, 0.1) is 5.92 Å². The molecule has 0 aromatic heterocycles. The molecule has 1 aromatic rings. The molecule has 3 atom stereocenters. The number of benzene rings is 1. The van der Waals surface area contributed by atoms with Crippen molar-refractivity contribution in [1.29, 1.82) is 0 Å². The Balaban J connectivity index is 1.74. The van der Waals surface area contributed by atoms with Crippen LogP contribution in [-0.2, 0) is 4.79 Å². The first-order valence-electron chi connectivity index (χ1n) is 8.23. The number of hydrogen-bond acceptors (Lipinski definition) is 3. The molecule has 5 heteroatoms. The Morgan fingerprint density at radius 2 is 2.09 bits per heavy atom. The van der Waals surface area contributed by atoms with E-state index in [4.69, 9.17) is 9.84 Å². The maximum Gasteiger partial charge on any atom is 0.303 e. The van der Waals surface area contributed by atoms with Gasteiger partial charge in [-0.05, 0) is 31.4 Å². The Kier molecular flexibility index (Phi) is 7.20. The van der Waals surface area contributed by atoms with Crippen molar-refractivity contribution in [2.45, 2.75) is 43.9 Å². The maximum atomic E-state index is 10.4. The molecule has 1 aliphatic rings. The Bertz CT molecular complexity index is 503. The second-order valence-electron chi connectivity index (χ2n) is 5.98. The largest absolute Gasteiger partial charge is 0.493 e. The number of aliphatic hydroxyl groups excluding tert-OH is 1. The summed E-state index contributed by atoms with van der Waals surface area (Å²) < 4.78 is 5.79.